The molecule has 3 rings (SSSR count). The summed E-state index contributed by atoms with van der Waals surface area (Å²) < 4.78 is 5.63. The van der Waals surface area contributed by atoms with Crippen molar-refractivity contribution in [1.29, 1.82) is 0 Å². The van der Waals surface area contributed by atoms with Crippen molar-refractivity contribution in [3.63, 3.8) is 0 Å². The first-order chi connectivity index (χ1) is 13.8. The molecule has 1 aliphatic heterocycles. The summed E-state index contributed by atoms with van der Waals surface area (Å²) in [7, 11) is 0. The third-order valence-corrected chi connectivity index (χ3v) is 5.58. The molecule has 2 aromatic rings. The summed E-state index contributed by atoms with van der Waals surface area (Å²) in [5, 5.41) is 52.3. The molecular weight excluding hydrogens is 398 g/mol. The Kier molecular flexibility index (Phi) is 6.89. The highest BCUT2D eigenvalue weighted by Gasteiger charge is 2.43. The second kappa shape index (κ2) is 9.21. The lowest BCUT2D eigenvalue weighted by Crippen LogP contribution is -2.55. The molecule has 8 heteroatoms. The van der Waals surface area contributed by atoms with Crippen LogP contribution in [-0.2, 0) is 11.2 Å². The van der Waals surface area contributed by atoms with E-state index in [0.717, 1.165) is 16.7 Å². The molecule has 7 nitrogen and oxygen atoms in total. The molecule has 1 aliphatic rings. The summed E-state index contributed by atoms with van der Waals surface area (Å²) in [4.78, 5) is 0. The zero-order valence-electron chi connectivity index (χ0n) is 15.8. The van der Waals surface area contributed by atoms with Crippen LogP contribution >= 0.6 is 11.6 Å². The minimum absolute atomic E-state index is 0.481. The van der Waals surface area contributed by atoms with Crippen molar-refractivity contribution in [3.8, 4) is 0 Å². The van der Waals surface area contributed by atoms with Gasteiger partial charge in [0, 0.05) is 5.02 Å². The maximum absolute atomic E-state index is 10.3. The molecule has 1 fully saturated rings. The maximum Gasteiger partial charge on any atom is 0.113 e. The van der Waals surface area contributed by atoms with Crippen LogP contribution in [0.25, 0.3) is 0 Å². The van der Waals surface area contributed by atoms with E-state index >= 15 is 0 Å². The Morgan fingerprint density at radius 1 is 1.03 bits per heavy atom. The van der Waals surface area contributed by atoms with Crippen molar-refractivity contribution in [2.24, 2.45) is 5.16 Å². The molecule has 5 atom stereocenters. The van der Waals surface area contributed by atoms with Crippen LogP contribution in [0.15, 0.2) is 47.6 Å². The van der Waals surface area contributed by atoms with Crippen molar-refractivity contribution in [3.05, 3.63) is 69.7 Å². The highest BCUT2D eigenvalue weighted by atomic mass is 35.5. The van der Waals surface area contributed by atoms with E-state index in [1.807, 2.05) is 24.3 Å². The summed E-state index contributed by atoms with van der Waals surface area (Å²) in [5.74, 6) is 0. The molecule has 0 radical (unpaired) electrons. The third-order valence-electron chi connectivity index (χ3n) is 5.21. The number of hydrogen-bond donors (Lipinski definition) is 5. The Morgan fingerprint density at radius 2 is 1.72 bits per heavy atom. The first-order valence-corrected chi connectivity index (χ1v) is 9.60. The molecule has 2 aromatic carbocycles. The van der Waals surface area contributed by atoms with Gasteiger partial charge >= 0.3 is 0 Å². The number of aliphatic hydroxyl groups is 4. The molecule has 29 heavy (non-hydrogen) atoms. The van der Waals surface area contributed by atoms with Gasteiger partial charge in [0.2, 0.25) is 0 Å². The maximum atomic E-state index is 10.3. The van der Waals surface area contributed by atoms with E-state index in [1.54, 1.807) is 25.1 Å². The first-order valence-electron chi connectivity index (χ1n) is 9.22. The monoisotopic (exact) mass is 421 g/mol. The molecule has 0 bridgehead atoms. The van der Waals surface area contributed by atoms with E-state index < -0.39 is 37.1 Å². The van der Waals surface area contributed by atoms with Crippen LogP contribution in [0.4, 0.5) is 0 Å². The molecule has 0 saturated carbocycles. The highest BCUT2D eigenvalue weighted by Crippen LogP contribution is 2.34. The third kappa shape index (κ3) is 4.61. The molecule has 1 heterocycles. The van der Waals surface area contributed by atoms with Gasteiger partial charge < -0.3 is 30.4 Å². The number of ether oxygens (including phenoxy) is 1. The molecule has 0 unspecified atom stereocenters. The van der Waals surface area contributed by atoms with E-state index in [4.69, 9.17) is 21.5 Å². The molecule has 0 aromatic heterocycles. The van der Waals surface area contributed by atoms with Gasteiger partial charge in [-0.25, -0.2) is 0 Å². The standard InChI is InChI=1S/C21H24ClNO6/c1-11(23-28)13-4-2-12(3-5-13)8-15-9-14(6-7-16(15)22)21-20(27)19(26)18(25)17(10-24)29-21/h2-7,9,17-21,24-28H,8,10H2,1H3/t17-,18-,19+,20-,21+/m1/s1. The highest BCUT2D eigenvalue weighted by molar-refractivity contribution is 6.31. The largest absolute Gasteiger partial charge is 0.411 e. The SMILES string of the molecule is CC(=NO)c1ccc(Cc2cc([C@@H]3O[C@H](CO)[C@@H](O)[C@H](O)[C@H]3O)ccc2Cl)cc1. The average molecular weight is 422 g/mol. The van der Waals surface area contributed by atoms with Gasteiger partial charge in [-0.2, -0.15) is 0 Å². The Bertz CT molecular complexity index is 870. The number of halogens is 1. The quantitative estimate of drug-likeness (QED) is 0.284. The molecule has 1 saturated heterocycles. The van der Waals surface area contributed by atoms with Crippen LogP contribution in [0.5, 0.6) is 0 Å². The van der Waals surface area contributed by atoms with Gasteiger partial charge in [0.1, 0.15) is 30.5 Å². The van der Waals surface area contributed by atoms with Crippen LogP contribution < -0.4 is 0 Å². The van der Waals surface area contributed by atoms with Gasteiger partial charge in [0.25, 0.3) is 0 Å². The second-order valence-electron chi connectivity index (χ2n) is 7.16. The molecule has 5 N–H and O–H groups in total. The van der Waals surface area contributed by atoms with E-state index in [1.165, 1.54) is 0 Å². The lowest BCUT2D eigenvalue weighted by atomic mass is 9.90. The number of nitrogens with zero attached hydrogens (tertiary/aromatic N) is 1. The minimum atomic E-state index is -1.44. The van der Waals surface area contributed by atoms with Gasteiger partial charge in [0.05, 0.1) is 12.3 Å². The van der Waals surface area contributed by atoms with Gasteiger partial charge in [-0.15, -0.1) is 0 Å². The lowest BCUT2D eigenvalue weighted by Gasteiger charge is -2.40. The van der Waals surface area contributed by atoms with Crippen molar-refractivity contribution in [2.45, 2.75) is 43.9 Å². The Morgan fingerprint density at radius 3 is 2.34 bits per heavy atom. The van der Waals surface area contributed by atoms with Crippen molar-refractivity contribution < 1.29 is 30.4 Å². The van der Waals surface area contributed by atoms with Gasteiger partial charge in [0.15, 0.2) is 0 Å². The molecule has 0 aliphatic carbocycles. The van der Waals surface area contributed by atoms with Crippen molar-refractivity contribution in [1.82, 2.24) is 0 Å². The second-order valence-corrected chi connectivity index (χ2v) is 7.57. The predicted octanol–water partition coefficient (Wildman–Crippen LogP) is 1.64. The summed E-state index contributed by atoms with van der Waals surface area (Å²) in [6, 6.07) is 12.7. The van der Waals surface area contributed by atoms with Crippen LogP contribution in [0.3, 0.4) is 0 Å². The fourth-order valence-corrected chi connectivity index (χ4v) is 3.61. The zero-order valence-corrected chi connectivity index (χ0v) is 16.6. The van der Waals surface area contributed by atoms with Crippen LogP contribution in [0, 0.1) is 0 Å². The van der Waals surface area contributed by atoms with Crippen LogP contribution in [0.2, 0.25) is 5.02 Å². The van der Waals surface area contributed by atoms with E-state index in [-0.39, 0.29) is 0 Å². The zero-order chi connectivity index (χ0) is 21.1. The summed E-state index contributed by atoms with van der Waals surface area (Å²) in [6.07, 6.45) is -5.55. The van der Waals surface area contributed by atoms with Crippen LogP contribution in [-0.4, -0.2) is 62.4 Å². The van der Waals surface area contributed by atoms with Gasteiger partial charge in [-0.05, 0) is 41.7 Å². The number of rotatable bonds is 5. The van der Waals surface area contributed by atoms with Gasteiger partial charge in [-0.3, -0.25) is 0 Å². The number of aliphatic hydroxyl groups excluding tert-OH is 4. The Hall–Kier alpha value is -2.00. The average Bonchev–Trinajstić information content (AvgIpc) is 2.74. The van der Waals surface area contributed by atoms with Crippen molar-refractivity contribution >= 4 is 17.3 Å². The van der Waals surface area contributed by atoms with Gasteiger partial charge in [-0.1, -0.05) is 53.2 Å². The molecular formula is C21H24ClNO6. The molecule has 0 amide bonds. The normalized spacial score (nSPS) is 27.8. The Balaban J connectivity index is 1.84. The predicted molar refractivity (Wildman–Crippen MR) is 107 cm³/mol. The summed E-state index contributed by atoms with van der Waals surface area (Å²) in [5.41, 5.74) is 3.67. The van der Waals surface area contributed by atoms with E-state index in [0.29, 0.717) is 22.7 Å². The molecule has 156 valence electrons. The first kappa shape index (κ1) is 21.7. The van der Waals surface area contributed by atoms with Crippen LogP contribution in [0.1, 0.15) is 35.3 Å². The number of hydrogen-bond acceptors (Lipinski definition) is 7. The topological polar surface area (TPSA) is 123 Å². The summed E-state index contributed by atoms with van der Waals surface area (Å²) in [6.45, 7) is 1.22. The molecule has 0 spiro atoms. The Labute approximate surface area is 173 Å². The number of benzene rings is 2. The number of oxime groups is 1. The lowest BCUT2D eigenvalue weighted by molar-refractivity contribution is -0.231. The minimum Gasteiger partial charge on any atom is -0.411 e. The fraction of sp³-hybridized carbons (Fsp3) is 0.381. The smallest absolute Gasteiger partial charge is 0.113 e. The van der Waals surface area contributed by atoms with E-state index in [9.17, 15) is 20.4 Å². The summed E-state index contributed by atoms with van der Waals surface area (Å²) >= 11 is 6.35. The fourth-order valence-electron chi connectivity index (χ4n) is 3.43. The van der Waals surface area contributed by atoms with E-state index in [2.05, 4.69) is 5.16 Å². The van der Waals surface area contributed by atoms with Crippen molar-refractivity contribution in [2.75, 3.05) is 6.61 Å².